The topological polar surface area (TPSA) is 59.4 Å². The zero-order valence-corrected chi connectivity index (χ0v) is 12.2. The van der Waals surface area contributed by atoms with E-state index in [9.17, 15) is 4.79 Å². The summed E-state index contributed by atoms with van der Waals surface area (Å²) in [6.45, 7) is 0. The summed E-state index contributed by atoms with van der Waals surface area (Å²) in [5.41, 5.74) is 1.06. The average Bonchev–Trinajstić information content (AvgIpc) is 2.46. The molecule has 0 atom stereocenters. The summed E-state index contributed by atoms with van der Waals surface area (Å²) in [5.74, 6) is 0.277. The Morgan fingerprint density at radius 3 is 2.80 bits per heavy atom. The van der Waals surface area contributed by atoms with Crippen molar-refractivity contribution in [2.75, 3.05) is 7.11 Å². The molecule has 0 aliphatic rings. The third-order valence-electron chi connectivity index (χ3n) is 2.60. The fourth-order valence-electron chi connectivity index (χ4n) is 1.62. The van der Waals surface area contributed by atoms with E-state index < -0.39 is 5.97 Å². The molecule has 104 valence electrons. The van der Waals surface area contributed by atoms with Crippen LogP contribution in [-0.4, -0.2) is 23.2 Å². The number of carbonyl (C=O) groups is 1. The van der Waals surface area contributed by atoms with Crippen LogP contribution in [0.4, 0.5) is 0 Å². The highest BCUT2D eigenvalue weighted by atomic mass is 35.5. The number of nitrogens with zero attached hydrogens (tertiary/aromatic N) is 1. The van der Waals surface area contributed by atoms with Gasteiger partial charge in [0.15, 0.2) is 0 Å². The van der Waals surface area contributed by atoms with Crippen molar-refractivity contribution in [3.63, 3.8) is 0 Å². The Kier molecular flexibility index (Phi) is 4.87. The first kappa shape index (κ1) is 14.7. The van der Waals surface area contributed by atoms with Gasteiger partial charge in [-0.1, -0.05) is 11.6 Å². The number of rotatable bonds is 5. The minimum atomic E-state index is -0.955. The zero-order chi connectivity index (χ0) is 14.5. The molecule has 0 saturated carbocycles. The molecule has 0 bridgehead atoms. The molecule has 0 radical (unpaired) electrons. The molecule has 4 nitrogen and oxygen atoms in total. The van der Waals surface area contributed by atoms with Crippen molar-refractivity contribution < 1.29 is 14.6 Å². The first-order valence-electron chi connectivity index (χ1n) is 5.74. The lowest BCUT2D eigenvalue weighted by atomic mass is 10.1. The predicted octanol–water partition coefficient (Wildman–Crippen LogP) is 3.73. The van der Waals surface area contributed by atoms with Crippen LogP contribution in [0, 0.1) is 0 Å². The van der Waals surface area contributed by atoms with Crippen molar-refractivity contribution in [1.29, 1.82) is 0 Å². The molecule has 1 aromatic heterocycles. The van der Waals surface area contributed by atoms with Crippen LogP contribution < -0.4 is 4.74 Å². The first-order valence-corrected chi connectivity index (χ1v) is 7.11. The van der Waals surface area contributed by atoms with Crippen molar-refractivity contribution in [3.05, 3.63) is 52.7 Å². The molecule has 2 aromatic rings. The minimum absolute atomic E-state index is 0.241. The molecule has 0 aliphatic carbocycles. The van der Waals surface area contributed by atoms with Crippen LogP contribution in [-0.2, 0) is 5.75 Å². The van der Waals surface area contributed by atoms with Crippen LogP contribution in [0.15, 0.2) is 41.6 Å². The average molecular weight is 310 g/mol. The number of aromatic nitrogens is 1. The molecule has 6 heteroatoms. The number of thioether (sulfide) groups is 1. The standard InChI is InChI=1S/C14H12ClNO3S/c1-19-12-4-2-9(14(17)18)6-10(12)8-20-13-5-3-11(15)7-16-13/h2-7H,8H2,1H3,(H,17,18). The quantitative estimate of drug-likeness (QED) is 0.853. The second-order valence-corrected chi connectivity index (χ2v) is 5.37. The van der Waals surface area contributed by atoms with E-state index in [0.717, 1.165) is 10.6 Å². The molecule has 2 rings (SSSR count). The van der Waals surface area contributed by atoms with E-state index in [2.05, 4.69) is 4.98 Å². The zero-order valence-electron chi connectivity index (χ0n) is 10.7. The van der Waals surface area contributed by atoms with Gasteiger partial charge < -0.3 is 9.84 Å². The number of hydrogen-bond acceptors (Lipinski definition) is 4. The fourth-order valence-corrected chi connectivity index (χ4v) is 2.56. The summed E-state index contributed by atoms with van der Waals surface area (Å²) < 4.78 is 5.24. The maximum absolute atomic E-state index is 11.0. The highest BCUT2D eigenvalue weighted by Gasteiger charge is 2.09. The Labute approximate surface area is 125 Å². The molecule has 0 aliphatic heterocycles. The largest absolute Gasteiger partial charge is 0.496 e. The number of aromatic carboxylic acids is 1. The molecule has 20 heavy (non-hydrogen) atoms. The smallest absolute Gasteiger partial charge is 0.335 e. The second-order valence-electron chi connectivity index (χ2n) is 3.94. The van der Waals surface area contributed by atoms with Gasteiger partial charge in [0.2, 0.25) is 0 Å². The maximum Gasteiger partial charge on any atom is 0.335 e. The number of benzene rings is 1. The highest BCUT2D eigenvalue weighted by Crippen LogP contribution is 2.28. The van der Waals surface area contributed by atoms with Crippen molar-refractivity contribution in [2.24, 2.45) is 0 Å². The van der Waals surface area contributed by atoms with Crippen LogP contribution >= 0.6 is 23.4 Å². The van der Waals surface area contributed by atoms with Gasteiger partial charge >= 0.3 is 5.97 Å². The number of carboxylic acid groups (broad SMARTS) is 1. The van der Waals surface area contributed by atoms with E-state index in [1.165, 1.54) is 17.8 Å². The van der Waals surface area contributed by atoms with E-state index in [-0.39, 0.29) is 5.56 Å². The van der Waals surface area contributed by atoms with Gasteiger partial charge in [-0.25, -0.2) is 9.78 Å². The van der Waals surface area contributed by atoms with Gasteiger partial charge in [-0.15, -0.1) is 11.8 Å². The van der Waals surface area contributed by atoms with Gasteiger partial charge in [0, 0.05) is 17.5 Å². The second kappa shape index (κ2) is 6.63. The van der Waals surface area contributed by atoms with Crippen LogP contribution in [0.5, 0.6) is 5.75 Å². The minimum Gasteiger partial charge on any atom is -0.496 e. The number of halogens is 1. The Morgan fingerprint density at radius 1 is 1.40 bits per heavy atom. The predicted molar refractivity (Wildman–Crippen MR) is 78.8 cm³/mol. The van der Waals surface area contributed by atoms with E-state index in [0.29, 0.717) is 16.5 Å². The van der Waals surface area contributed by atoms with Crippen molar-refractivity contribution in [3.8, 4) is 5.75 Å². The molecule has 0 saturated heterocycles. The fraction of sp³-hybridized carbons (Fsp3) is 0.143. The van der Waals surface area contributed by atoms with Crippen molar-refractivity contribution >= 4 is 29.3 Å². The van der Waals surface area contributed by atoms with E-state index in [1.807, 2.05) is 6.07 Å². The Balaban J connectivity index is 2.16. The number of methoxy groups -OCH3 is 1. The summed E-state index contributed by atoms with van der Waals surface area (Å²) in [4.78, 5) is 15.2. The van der Waals surface area contributed by atoms with Crippen LogP contribution in [0.25, 0.3) is 0 Å². The van der Waals surface area contributed by atoms with Crippen molar-refractivity contribution in [2.45, 2.75) is 10.8 Å². The molecule has 0 amide bonds. The van der Waals surface area contributed by atoms with Crippen LogP contribution in [0.3, 0.4) is 0 Å². The summed E-state index contributed by atoms with van der Waals surface area (Å²) in [6, 6.07) is 8.39. The number of pyridine rings is 1. The molecule has 1 aromatic carbocycles. The SMILES string of the molecule is COc1ccc(C(=O)O)cc1CSc1ccc(Cl)cn1. The Hall–Kier alpha value is -1.72. The van der Waals surface area contributed by atoms with Crippen LogP contribution in [0.1, 0.15) is 15.9 Å². The number of hydrogen-bond donors (Lipinski definition) is 1. The summed E-state index contributed by atoms with van der Waals surface area (Å²) in [7, 11) is 1.56. The van der Waals surface area contributed by atoms with E-state index >= 15 is 0 Å². The summed E-state index contributed by atoms with van der Waals surface area (Å²) in [6.07, 6.45) is 1.58. The van der Waals surface area contributed by atoms with Gasteiger partial charge in [-0.05, 0) is 30.3 Å². The molecule has 0 unspecified atom stereocenters. The molecule has 1 N–H and O–H groups in total. The lowest BCUT2D eigenvalue weighted by molar-refractivity contribution is 0.0696. The van der Waals surface area contributed by atoms with E-state index in [4.69, 9.17) is 21.4 Å². The molecular weight excluding hydrogens is 298 g/mol. The first-order chi connectivity index (χ1) is 9.60. The molecule has 0 fully saturated rings. The Morgan fingerprint density at radius 2 is 2.20 bits per heavy atom. The van der Waals surface area contributed by atoms with Gasteiger partial charge in [-0.3, -0.25) is 0 Å². The van der Waals surface area contributed by atoms with Crippen molar-refractivity contribution in [1.82, 2.24) is 4.98 Å². The Bertz CT molecular complexity index is 616. The molecule has 0 spiro atoms. The van der Waals surface area contributed by atoms with Gasteiger partial charge in [0.05, 0.1) is 22.7 Å². The molecular formula is C14H12ClNO3S. The third kappa shape index (κ3) is 3.65. The lowest BCUT2D eigenvalue weighted by Gasteiger charge is -2.09. The van der Waals surface area contributed by atoms with Gasteiger partial charge in [0.1, 0.15) is 5.75 Å². The van der Waals surface area contributed by atoms with Gasteiger partial charge in [0.25, 0.3) is 0 Å². The van der Waals surface area contributed by atoms with Gasteiger partial charge in [-0.2, -0.15) is 0 Å². The maximum atomic E-state index is 11.0. The normalized spacial score (nSPS) is 10.3. The summed E-state index contributed by atoms with van der Waals surface area (Å²) in [5, 5.41) is 10.4. The van der Waals surface area contributed by atoms with E-state index in [1.54, 1.807) is 31.5 Å². The van der Waals surface area contributed by atoms with Crippen LogP contribution in [0.2, 0.25) is 5.02 Å². The number of carboxylic acids is 1. The third-order valence-corrected chi connectivity index (χ3v) is 3.82. The number of ether oxygens (including phenoxy) is 1. The monoisotopic (exact) mass is 309 g/mol. The lowest BCUT2D eigenvalue weighted by Crippen LogP contribution is -1.99. The highest BCUT2D eigenvalue weighted by molar-refractivity contribution is 7.98. The molecule has 1 heterocycles. The summed E-state index contributed by atoms with van der Waals surface area (Å²) >= 11 is 7.26.